The van der Waals surface area contributed by atoms with Crippen molar-refractivity contribution < 1.29 is 19.7 Å². The fourth-order valence-electron chi connectivity index (χ4n) is 0.823. The Morgan fingerprint density at radius 3 is 2.08 bits per heavy atom. The molecule has 0 radical (unpaired) electrons. The number of aliphatic hydroxyl groups excluding tert-OH is 1. The standard InChI is InChI=1S/C8H16O4/c1-5(6(9)7(10)11)12-8(2,3)4/h5-6,9H,1-4H3,(H,10,11)/t5-,6+/m1/s1. The first-order valence-electron chi connectivity index (χ1n) is 3.83. The molecule has 0 saturated heterocycles. The first kappa shape index (κ1) is 11.4. The summed E-state index contributed by atoms with van der Waals surface area (Å²) in [6.45, 7) is 6.94. The number of ether oxygens (including phenoxy) is 1. The highest BCUT2D eigenvalue weighted by Crippen LogP contribution is 2.12. The van der Waals surface area contributed by atoms with E-state index in [1.165, 1.54) is 6.92 Å². The maximum absolute atomic E-state index is 10.3. The SMILES string of the molecule is C[C@@H](OC(C)(C)C)[C@H](O)C(=O)O. The van der Waals surface area contributed by atoms with E-state index >= 15 is 0 Å². The molecule has 0 fully saturated rings. The minimum absolute atomic E-state index is 0.435. The van der Waals surface area contributed by atoms with Gasteiger partial charge in [0.2, 0.25) is 0 Å². The molecule has 0 aromatic rings. The largest absolute Gasteiger partial charge is 0.479 e. The van der Waals surface area contributed by atoms with E-state index in [4.69, 9.17) is 14.9 Å². The third kappa shape index (κ3) is 4.31. The smallest absolute Gasteiger partial charge is 0.335 e. The van der Waals surface area contributed by atoms with Gasteiger partial charge in [0.15, 0.2) is 6.10 Å². The van der Waals surface area contributed by atoms with Crippen LogP contribution >= 0.6 is 0 Å². The Morgan fingerprint density at radius 2 is 1.83 bits per heavy atom. The van der Waals surface area contributed by atoms with E-state index in [0.717, 1.165) is 0 Å². The third-order valence-electron chi connectivity index (χ3n) is 1.24. The van der Waals surface area contributed by atoms with Gasteiger partial charge in [0.25, 0.3) is 0 Å². The van der Waals surface area contributed by atoms with Gasteiger partial charge in [-0.15, -0.1) is 0 Å². The zero-order valence-corrected chi connectivity index (χ0v) is 7.87. The lowest BCUT2D eigenvalue weighted by Gasteiger charge is -2.26. The van der Waals surface area contributed by atoms with Crippen molar-refractivity contribution >= 4 is 5.97 Å². The highest BCUT2D eigenvalue weighted by Gasteiger charge is 2.26. The molecule has 0 saturated carbocycles. The van der Waals surface area contributed by atoms with Crippen molar-refractivity contribution in [3.05, 3.63) is 0 Å². The van der Waals surface area contributed by atoms with Gasteiger partial charge in [-0.2, -0.15) is 0 Å². The van der Waals surface area contributed by atoms with Crippen molar-refractivity contribution in [3.8, 4) is 0 Å². The minimum atomic E-state index is -1.45. The summed E-state index contributed by atoms with van der Waals surface area (Å²) in [5.41, 5.74) is -0.435. The van der Waals surface area contributed by atoms with Crippen LogP contribution in [-0.4, -0.2) is 34.0 Å². The number of carbonyl (C=O) groups is 1. The van der Waals surface area contributed by atoms with Crippen LogP contribution in [0, 0.1) is 0 Å². The van der Waals surface area contributed by atoms with E-state index in [9.17, 15) is 4.79 Å². The Hall–Kier alpha value is -0.610. The third-order valence-corrected chi connectivity index (χ3v) is 1.24. The second kappa shape index (κ2) is 3.87. The van der Waals surface area contributed by atoms with Crippen molar-refractivity contribution in [2.45, 2.75) is 45.5 Å². The van der Waals surface area contributed by atoms with Crippen molar-refractivity contribution in [2.24, 2.45) is 0 Å². The Labute approximate surface area is 72.2 Å². The van der Waals surface area contributed by atoms with E-state index in [2.05, 4.69) is 0 Å². The maximum Gasteiger partial charge on any atom is 0.335 e. The molecule has 0 aromatic heterocycles. The van der Waals surface area contributed by atoms with E-state index in [1.807, 2.05) is 0 Å². The van der Waals surface area contributed by atoms with Crippen LogP contribution in [-0.2, 0) is 9.53 Å². The molecule has 0 unspecified atom stereocenters. The zero-order valence-electron chi connectivity index (χ0n) is 7.87. The average molecular weight is 176 g/mol. The molecule has 0 amide bonds. The molecule has 0 aliphatic rings. The molecule has 2 N–H and O–H groups in total. The van der Waals surface area contributed by atoms with Crippen LogP contribution in [0.25, 0.3) is 0 Å². The number of carboxylic acid groups (broad SMARTS) is 1. The lowest BCUT2D eigenvalue weighted by atomic mass is 10.1. The molecule has 0 aliphatic carbocycles. The van der Waals surface area contributed by atoms with E-state index in [0.29, 0.717) is 0 Å². The van der Waals surface area contributed by atoms with Crippen molar-refractivity contribution in [2.75, 3.05) is 0 Å². The topological polar surface area (TPSA) is 66.8 Å². The molecule has 0 aliphatic heterocycles. The minimum Gasteiger partial charge on any atom is -0.479 e. The molecular weight excluding hydrogens is 160 g/mol. The van der Waals surface area contributed by atoms with Crippen LogP contribution in [0.3, 0.4) is 0 Å². The number of rotatable bonds is 3. The summed E-state index contributed by atoms with van der Waals surface area (Å²) in [6, 6.07) is 0. The molecule has 4 heteroatoms. The summed E-state index contributed by atoms with van der Waals surface area (Å²) in [7, 11) is 0. The van der Waals surface area contributed by atoms with Gasteiger partial charge >= 0.3 is 5.97 Å². The summed E-state index contributed by atoms with van der Waals surface area (Å²) < 4.78 is 5.23. The Morgan fingerprint density at radius 1 is 1.42 bits per heavy atom. The number of hydrogen-bond acceptors (Lipinski definition) is 3. The lowest BCUT2D eigenvalue weighted by Crippen LogP contribution is -2.38. The maximum atomic E-state index is 10.3. The number of aliphatic hydroxyl groups is 1. The van der Waals surface area contributed by atoms with Crippen LogP contribution in [0.5, 0.6) is 0 Å². The molecular formula is C8H16O4. The summed E-state index contributed by atoms with van der Waals surface area (Å²) in [6.07, 6.45) is -2.15. The Kier molecular flexibility index (Phi) is 3.67. The molecule has 2 atom stereocenters. The highest BCUT2D eigenvalue weighted by molar-refractivity contribution is 5.72. The molecule has 12 heavy (non-hydrogen) atoms. The second-order valence-corrected chi connectivity index (χ2v) is 3.72. The van der Waals surface area contributed by atoms with Gasteiger partial charge in [0.05, 0.1) is 11.7 Å². The summed E-state index contributed by atoms with van der Waals surface area (Å²) in [4.78, 5) is 10.3. The lowest BCUT2D eigenvalue weighted by molar-refractivity contribution is -0.161. The summed E-state index contributed by atoms with van der Waals surface area (Å²) >= 11 is 0. The molecule has 4 nitrogen and oxygen atoms in total. The van der Waals surface area contributed by atoms with E-state index < -0.39 is 23.8 Å². The molecule has 0 rings (SSSR count). The quantitative estimate of drug-likeness (QED) is 0.662. The van der Waals surface area contributed by atoms with Gasteiger partial charge < -0.3 is 14.9 Å². The average Bonchev–Trinajstić information content (AvgIpc) is 1.82. The van der Waals surface area contributed by atoms with Crippen molar-refractivity contribution in [1.82, 2.24) is 0 Å². The highest BCUT2D eigenvalue weighted by atomic mass is 16.5. The normalized spacial score (nSPS) is 17.1. The van der Waals surface area contributed by atoms with Gasteiger partial charge in [0, 0.05) is 0 Å². The van der Waals surface area contributed by atoms with E-state index in [1.54, 1.807) is 20.8 Å². The van der Waals surface area contributed by atoms with Crippen LogP contribution in [0.1, 0.15) is 27.7 Å². The number of hydrogen-bond donors (Lipinski definition) is 2. The van der Waals surface area contributed by atoms with Crippen LogP contribution in [0.4, 0.5) is 0 Å². The second-order valence-electron chi connectivity index (χ2n) is 3.72. The predicted octanol–water partition coefficient (Wildman–Crippen LogP) is 0.635. The monoisotopic (exact) mass is 176 g/mol. The fourth-order valence-corrected chi connectivity index (χ4v) is 0.823. The number of aliphatic carboxylic acids is 1. The first-order chi connectivity index (χ1) is 5.24. The fraction of sp³-hybridized carbons (Fsp3) is 0.875. The van der Waals surface area contributed by atoms with Gasteiger partial charge in [-0.3, -0.25) is 0 Å². The van der Waals surface area contributed by atoms with Gasteiger partial charge in [-0.05, 0) is 27.7 Å². The predicted molar refractivity (Wildman–Crippen MR) is 43.9 cm³/mol. The van der Waals surface area contributed by atoms with Crippen molar-refractivity contribution in [3.63, 3.8) is 0 Å². The van der Waals surface area contributed by atoms with Gasteiger partial charge in [-0.25, -0.2) is 4.79 Å². The number of carboxylic acids is 1. The molecule has 0 aromatic carbocycles. The van der Waals surface area contributed by atoms with Crippen LogP contribution in [0.15, 0.2) is 0 Å². The Bertz CT molecular complexity index is 159. The van der Waals surface area contributed by atoms with Crippen LogP contribution in [0.2, 0.25) is 0 Å². The molecule has 72 valence electrons. The van der Waals surface area contributed by atoms with E-state index in [-0.39, 0.29) is 0 Å². The molecule has 0 heterocycles. The molecule has 0 spiro atoms. The summed E-state index contributed by atoms with van der Waals surface area (Å²) in [5, 5.41) is 17.5. The van der Waals surface area contributed by atoms with Gasteiger partial charge in [0.1, 0.15) is 0 Å². The van der Waals surface area contributed by atoms with Gasteiger partial charge in [-0.1, -0.05) is 0 Å². The van der Waals surface area contributed by atoms with Crippen molar-refractivity contribution in [1.29, 1.82) is 0 Å². The molecule has 0 bridgehead atoms. The summed E-state index contributed by atoms with van der Waals surface area (Å²) in [5.74, 6) is -1.26. The zero-order chi connectivity index (χ0) is 9.94. The van der Waals surface area contributed by atoms with Crippen LogP contribution < -0.4 is 0 Å². The Balaban J connectivity index is 4.04. The first-order valence-corrected chi connectivity index (χ1v) is 3.83.